The fourth-order valence-electron chi connectivity index (χ4n) is 2.15. The maximum Gasteiger partial charge on any atom is 0 e. The van der Waals surface area contributed by atoms with Gasteiger partial charge in [-0.25, -0.2) is 0 Å². The predicted molar refractivity (Wildman–Crippen MR) is 38.5 cm³/mol. The Bertz CT molecular complexity index is 108. The summed E-state index contributed by atoms with van der Waals surface area (Å²) in [7, 11) is 0. The van der Waals surface area contributed by atoms with Crippen molar-refractivity contribution in [1.29, 1.82) is 0 Å². The zero-order valence-electron chi connectivity index (χ0n) is 6.51. The summed E-state index contributed by atoms with van der Waals surface area (Å²) >= 11 is 0. The summed E-state index contributed by atoms with van der Waals surface area (Å²) in [5.74, 6) is 1.93. The van der Waals surface area contributed by atoms with Gasteiger partial charge in [0.05, 0.1) is 0 Å². The molecule has 0 spiro atoms. The Labute approximate surface area is 86.7 Å². The van der Waals surface area contributed by atoms with E-state index in [1.54, 1.807) is 0 Å². The van der Waals surface area contributed by atoms with Crippen LogP contribution >= 0.6 is 0 Å². The van der Waals surface area contributed by atoms with Crippen molar-refractivity contribution in [3.63, 3.8) is 0 Å². The van der Waals surface area contributed by atoms with Gasteiger partial charge in [-0.2, -0.15) is 0 Å². The van der Waals surface area contributed by atoms with Gasteiger partial charge in [-0.1, -0.05) is 32.1 Å². The first-order chi connectivity index (χ1) is 4.36. The number of hydrogen-bond donors (Lipinski definition) is 0. The molecule has 2 aliphatic heterocycles. The van der Waals surface area contributed by atoms with E-state index >= 15 is 0 Å². The van der Waals surface area contributed by atoms with Gasteiger partial charge in [-0.15, -0.1) is 12.6 Å². The van der Waals surface area contributed by atoms with Crippen LogP contribution in [0.25, 0.3) is 5.32 Å². The van der Waals surface area contributed by atoms with Gasteiger partial charge < -0.3 is 5.32 Å². The Balaban J connectivity index is 0.000000500. The molecule has 10 heavy (non-hydrogen) atoms. The van der Waals surface area contributed by atoms with Gasteiger partial charge in [0.25, 0.3) is 0 Å². The minimum absolute atomic E-state index is 0. The van der Waals surface area contributed by atoms with Crippen molar-refractivity contribution in [1.82, 2.24) is 0 Å². The van der Waals surface area contributed by atoms with Crippen LogP contribution < -0.4 is 0 Å². The van der Waals surface area contributed by atoms with Gasteiger partial charge in [0, 0.05) is 31.1 Å². The van der Waals surface area contributed by atoms with Gasteiger partial charge >= 0.3 is 0 Å². The Kier molecular flexibility index (Phi) is 3.28. The molecule has 1 aliphatic carbocycles. The number of piperidine rings is 2. The summed E-state index contributed by atoms with van der Waals surface area (Å²) in [4.78, 5) is 0. The molecular weight excluding hydrogens is 348 g/mol. The smallest absolute Gasteiger partial charge is 0 e. The third kappa shape index (κ3) is 1.60. The number of rotatable bonds is 0. The second kappa shape index (κ2) is 3.61. The summed E-state index contributed by atoms with van der Waals surface area (Å²) in [6.45, 7) is 3.55. The normalized spacial score (nSPS) is 44.7. The first-order valence-corrected chi connectivity index (χ1v) is 4.03. The van der Waals surface area contributed by atoms with Crippen LogP contribution in [-0.2, 0) is 0 Å². The van der Waals surface area contributed by atoms with E-state index < -0.39 is 0 Å². The van der Waals surface area contributed by atoms with E-state index in [-0.39, 0.29) is 31.1 Å². The SMILES string of the molecule is CC1CC2CCC1C[N-]2.[U]. The minimum atomic E-state index is 0. The van der Waals surface area contributed by atoms with Crippen molar-refractivity contribution in [2.24, 2.45) is 11.8 Å². The van der Waals surface area contributed by atoms with E-state index in [0.717, 1.165) is 17.9 Å². The second-order valence-corrected chi connectivity index (χ2v) is 3.57. The first kappa shape index (κ1) is 9.10. The third-order valence-electron chi connectivity index (χ3n) is 2.92. The maximum atomic E-state index is 4.55. The molecule has 0 aromatic heterocycles. The molecule has 0 radical (unpaired) electrons. The molecule has 3 atom stereocenters. The van der Waals surface area contributed by atoms with E-state index in [1.165, 1.54) is 25.8 Å². The van der Waals surface area contributed by atoms with E-state index in [1.807, 2.05) is 0 Å². The van der Waals surface area contributed by atoms with Crippen LogP contribution in [0.1, 0.15) is 26.2 Å². The van der Waals surface area contributed by atoms with Gasteiger partial charge in [-0.05, 0) is 5.92 Å². The topological polar surface area (TPSA) is 14.1 Å². The summed E-state index contributed by atoms with van der Waals surface area (Å²) in [6, 6.07) is 0.755. The van der Waals surface area contributed by atoms with Crippen molar-refractivity contribution < 1.29 is 31.1 Å². The molecule has 56 valence electrons. The molecule has 0 N–H and O–H groups in total. The molecular formula is C8H14NU-. The summed E-state index contributed by atoms with van der Waals surface area (Å²) in [6.07, 6.45) is 4.22. The van der Waals surface area contributed by atoms with Crippen LogP contribution in [0.4, 0.5) is 0 Å². The monoisotopic (exact) mass is 362 g/mol. The first-order valence-electron chi connectivity index (χ1n) is 4.03. The molecule has 2 bridgehead atoms. The van der Waals surface area contributed by atoms with E-state index in [0.29, 0.717) is 0 Å². The van der Waals surface area contributed by atoms with Gasteiger partial charge in [0.15, 0.2) is 0 Å². The van der Waals surface area contributed by atoms with Crippen molar-refractivity contribution in [2.45, 2.75) is 32.2 Å². The average molecular weight is 362 g/mol. The average Bonchev–Trinajstić information content (AvgIpc) is 1.90. The molecule has 3 aliphatic rings. The quantitative estimate of drug-likeness (QED) is 0.627. The molecule has 2 heterocycles. The van der Waals surface area contributed by atoms with Crippen molar-refractivity contribution in [2.75, 3.05) is 6.54 Å². The van der Waals surface area contributed by atoms with E-state index in [9.17, 15) is 0 Å². The number of fused-ring (bicyclic) bond motifs is 3. The van der Waals surface area contributed by atoms with Crippen LogP contribution in [0.2, 0.25) is 0 Å². The molecule has 0 aromatic rings. The molecule has 1 saturated carbocycles. The number of nitrogens with zero attached hydrogens (tertiary/aromatic N) is 1. The number of hydrogen-bond acceptors (Lipinski definition) is 0. The summed E-state index contributed by atoms with van der Waals surface area (Å²) < 4.78 is 0. The molecule has 1 nitrogen and oxygen atoms in total. The van der Waals surface area contributed by atoms with Gasteiger partial charge in [-0.3, -0.25) is 0 Å². The fraction of sp³-hybridized carbons (Fsp3) is 1.00. The third-order valence-corrected chi connectivity index (χ3v) is 2.92. The minimum Gasteiger partial charge on any atom is -0.659 e. The Morgan fingerprint density at radius 1 is 1.30 bits per heavy atom. The van der Waals surface area contributed by atoms with Crippen molar-refractivity contribution >= 4 is 0 Å². The molecule has 2 heteroatoms. The Hall–Kier alpha value is 1.01. The predicted octanol–water partition coefficient (Wildman–Crippen LogP) is 2.18. The van der Waals surface area contributed by atoms with Crippen LogP contribution in [0.5, 0.6) is 0 Å². The molecule has 0 aromatic carbocycles. The van der Waals surface area contributed by atoms with Gasteiger partial charge in [0.2, 0.25) is 0 Å². The van der Waals surface area contributed by atoms with Crippen molar-refractivity contribution in [3.05, 3.63) is 5.32 Å². The van der Waals surface area contributed by atoms with Crippen molar-refractivity contribution in [3.8, 4) is 0 Å². The summed E-state index contributed by atoms with van der Waals surface area (Å²) in [5, 5.41) is 4.55. The van der Waals surface area contributed by atoms with Crippen LogP contribution in [0.15, 0.2) is 0 Å². The summed E-state index contributed by atoms with van der Waals surface area (Å²) in [5.41, 5.74) is 0. The van der Waals surface area contributed by atoms with E-state index in [4.69, 9.17) is 0 Å². The fourth-order valence-corrected chi connectivity index (χ4v) is 2.15. The van der Waals surface area contributed by atoms with Gasteiger partial charge in [0.1, 0.15) is 0 Å². The van der Waals surface area contributed by atoms with Crippen LogP contribution in [-0.4, -0.2) is 12.6 Å². The molecule has 3 unspecified atom stereocenters. The largest absolute Gasteiger partial charge is 0.659 e. The Morgan fingerprint density at radius 2 is 2.10 bits per heavy atom. The maximum absolute atomic E-state index is 4.55. The zero-order chi connectivity index (χ0) is 6.27. The standard InChI is InChI=1S/C8H14N.U/c1-6-4-8-3-2-7(6)5-9-8;/h6-8H,2-5H2,1H3;/q-1;. The van der Waals surface area contributed by atoms with Crippen LogP contribution in [0.3, 0.4) is 0 Å². The van der Waals surface area contributed by atoms with E-state index in [2.05, 4.69) is 12.2 Å². The Morgan fingerprint density at radius 3 is 2.30 bits per heavy atom. The molecule has 3 fully saturated rings. The molecule has 3 rings (SSSR count). The molecule has 2 saturated heterocycles. The van der Waals surface area contributed by atoms with Crippen LogP contribution in [0, 0.1) is 42.9 Å². The zero-order valence-corrected chi connectivity index (χ0v) is 10.7. The molecule has 0 amide bonds. The second-order valence-electron chi connectivity index (χ2n) is 3.57.